The lowest BCUT2D eigenvalue weighted by Gasteiger charge is -2.10. The molecule has 0 N–H and O–H groups in total. The molecule has 0 aromatic carbocycles. The number of hydrogen-bond donors (Lipinski definition) is 0. The summed E-state index contributed by atoms with van der Waals surface area (Å²) in [6.07, 6.45) is 0.567. The van der Waals surface area contributed by atoms with Gasteiger partial charge in [-0.3, -0.25) is 10.1 Å². The number of nitro groups is 1. The maximum atomic E-state index is 10.8. The zero-order valence-corrected chi connectivity index (χ0v) is 8.81. The second-order valence-electron chi connectivity index (χ2n) is 3.25. The van der Waals surface area contributed by atoms with Crippen molar-refractivity contribution < 1.29 is 4.92 Å². The van der Waals surface area contributed by atoms with Crippen LogP contribution < -0.4 is 4.90 Å². The Morgan fingerprint density at radius 2 is 2.14 bits per heavy atom. The Balaban J connectivity index is 3.39. The van der Waals surface area contributed by atoms with Crippen molar-refractivity contribution in [2.24, 2.45) is 7.05 Å². The van der Waals surface area contributed by atoms with Crippen LogP contribution in [0.2, 0.25) is 0 Å². The van der Waals surface area contributed by atoms with Crippen molar-refractivity contribution in [2.45, 2.75) is 13.3 Å². The van der Waals surface area contributed by atoms with Gasteiger partial charge in [-0.15, -0.1) is 0 Å². The molecule has 14 heavy (non-hydrogen) atoms. The topological polar surface area (TPSA) is 64.2 Å². The van der Waals surface area contributed by atoms with Crippen LogP contribution in [0.4, 0.5) is 11.5 Å². The van der Waals surface area contributed by atoms with E-state index in [1.165, 1.54) is 4.68 Å². The normalized spacial score (nSPS) is 10.3. The van der Waals surface area contributed by atoms with Gasteiger partial charge in [0.15, 0.2) is 0 Å². The van der Waals surface area contributed by atoms with Gasteiger partial charge in [-0.05, 0) is 6.42 Å². The third kappa shape index (κ3) is 1.55. The standard InChI is InChI=1S/C8H14N4O2/c1-5-6-7(12(13)14)8(10(2)3)11(4)9-6/h5H2,1-4H3. The fourth-order valence-corrected chi connectivity index (χ4v) is 1.48. The second-order valence-corrected chi connectivity index (χ2v) is 3.25. The van der Waals surface area contributed by atoms with Crippen LogP contribution in [0.1, 0.15) is 12.6 Å². The van der Waals surface area contributed by atoms with Crippen LogP contribution in [0.5, 0.6) is 0 Å². The summed E-state index contributed by atoms with van der Waals surface area (Å²) in [6, 6.07) is 0. The van der Waals surface area contributed by atoms with E-state index in [-0.39, 0.29) is 10.6 Å². The fraction of sp³-hybridized carbons (Fsp3) is 0.625. The molecule has 1 aromatic heterocycles. The van der Waals surface area contributed by atoms with Crippen molar-refractivity contribution in [3.05, 3.63) is 15.8 Å². The highest BCUT2D eigenvalue weighted by Gasteiger charge is 2.26. The van der Waals surface area contributed by atoms with Crippen molar-refractivity contribution in [1.29, 1.82) is 0 Å². The molecule has 6 nitrogen and oxygen atoms in total. The molecule has 0 aliphatic carbocycles. The van der Waals surface area contributed by atoms with Crippen molar-refractivity contribution in [3.63, 3.8) is 0 Å². The van der Waals surface area contributed by atoms with Gasteiger partial charge in [0.1, 0.15) is 5.69 Å². The quantitative estimate of drug-likeness (QED) is 0.536. The van der Waals surface area contributed by atoms with Gasteiger partial charge >= 0.3 is 5.69 Å². The molecule has 1 heterocycles. The van der Waals surface area contributed by atoms with Crippen LogP contribution in [-0.4, -0.2) is 28.8 Å². The monoisotopic (exact) mass is 198 g/mol. The minimum absolute atomic E-state index is 0.111. The first kappa shape index (κ1) is 10.5. The highest BCUT2D eigenvalue weighted by atomic mass is 16.6. The van der Waals surface area contributed by atoms with Crippen molar-refractivity contribution in [1.82, 2.24) is 9.78 Å². The van der Waals surface area contributed by atoms with Crippen molar-refractivity contribution >= 4 is 11.5 Å². The largest absolute Gasteiger partial charge is 0.357 e. The highest BCUT2D eigenvalue weighted by molar-refractivity contribution is 5.60. The molecule has 0 amide bonds. The Hall–Kier alpha value is -1.59. The summed E-state index contributed by atoms with van der Waals surface area (Å²) in [5.74, 6) is 0.534. The first-order valence-electron chi connectivity index (χ1n) is 4.36. The van der Waals surface area contributed by atoms with Crippen LogP contribution in [-0.2, 0) is 13.5 Å². The molecule has 1 rings (SSSR count). The third-order valence-corrected chi connectivity index (χ3v) is 2.00. The van der Waals surface area contributed by atoms with E-state index in [1.54, 1.807) is 26.0 Å². The fourth-order valence-electron chi connectivity index (χ4n) is 1.48. The molecular weight excluding hydrogens is 184 g/mol. The van der Waals surface area contributed by atoms with Gasteiger partial charge in [-0.25, -0.2) is 4.68 Å². The molecule has 1 aromatic rings. The van der Waals surface area contributed by atoms with Gasteiger partial charge < -0.3 is 4.90 Å². The van der Waals surface area contributed by atoms with Gasteiger partial charge in [-0.1, -0.05) is 6.92 Å². The Bertz CT molecular complexity index is 356. The SMILES string of the molecule is CCc1nn(C)c(N(C)C)c1[N+](=O)[O-]. The first-order valence-corrected chi connectivity index (χ1v) is 4.36. The first-order chi connectivity index (χ1) is 6.49. The van der Waals surface area contributed by atoms with Gasteiger partial charge in [-0.2, -0.15) is 5.10 Å². The minimum atomic E-state index is -0.374. The Labute approximate surface area is 82.3 Å². The molecule has 0 aliphatic heterocycles. The molecule has 0 radical (unpaired) electrons. The van der Waals surface area contributed by atoms with Crippen LogP contribution in [0.25, 0.3) is 0 Å². The smallest absolute Gasteiger partial charge is 0.334 e. The maximum Gasteiger partial charge on any atom is 0.334 e. The lowest BCUT2D eigenvalue weighted by atomic mass is 10.3. The second kappa shape index (κ2) is 3.65. The van der Waals surface area contributed by atoms with E-state index in [1.807, 2.05) is 6.92 Å². The van der Waals surface area contributed by atoms with E-state index < -0.39 is 0 Å². The number of aromatic nitrogens is 2. The Morgan fingerprint density at radius 1 is 1.57 bits per heavy atom. The lowest BCUT2D eigenvalue weighted by molar-refractivity contribution is -0.384. The molecule has 78 valence electrons. The zero-order chi connectivity index (χ0) is 10.9. The van der Waals surface area contributed by atoms with E-state index in [0.29, 0.717) is 17.9 Å². The van der Waals surface area contributed by atoms with E-state index in [2.05, 4.69) is 5.10 Å². The number of nitrogens with zero attached hydrogens (tertiary/aromatic N) is 4. The maximum absolute atomic E-state index is 10.8. The van der Waals surface area contributed by atoms with E-state index in [4.69, 9.17) is 0 Å². The summed E-state index contributed by atoms with van der Waals surface area (Å²) < 4.78 is 1.54. The van der Waals surface area contributed by atoms with E-state index in [0.717, 1.165) is 0 Å². The van der Waals surface area contributed by atoms with Crippen molar-refractivity contribution in [2.75, 3.05) is 19.0 Å². The summed E-state index contributed by atoms with van der Waals surface area (Å²) in [6.45, 7) is 1.86. The van der Waals surface area contributed by atoms with Crippen LogP contribution in [0.3, 0.4) is 0 Å². The van der Waals surface area contributed by atoms with E-state index >= 15 is 0 Å². The molecule has 0 bridgehead atoms. The average molecular weight is 198 g/mol. The number of hydrogen-bond acceptors (Lipinski definition) is 4. The molecule has 0 unspecified atom stereocenters. The summed E-state index contributed by atoms with van der Waals surface area (Å²) in [4.78, 5) is 12.2. The predicted molar refractivity (Wildman–Crippen MR) is 53.6 cm³/mol. The third-order valence-electron chi connectivity index (χ3n) is 2.00. The Morgan fingerprint density at radius 3 is 2.50 bits per heavy atom. The molecule has 0 spiro atoms. The van der Waals surface area contributed by atoms with Gasteiger partial charge in [0.05, 0.1) is 4.92 Å². The van der Waals surface area contributed by atoms with Gasteiger partial charge in [0, 0.05) is 21.1 Å². The summed E-state index contributed by atoms with van der Waals surface area (Å²) >= 11 is 0. The van der Waals surface area contributed by atoms with Crippen LogP contribution >= 0.6 is 0 Å². The number of aryl methyl sites for hydroxylation is 2. The number of rotatable bonds is 3. The van der Waals surface area contributed by atoms with E-state index in [9.17, 15) is 10.1 Å². The van der Waals surface area contributed by atoms with Crippen LogP contribution in [0, 0.1) is 10.1 Å². The molecule has 0 aliphatic rings. The molecule has 0 saturated carbocycles. The average Bonchev–Trinajstić information content (AvgIpc) is 2.41. The summed E-state index contributed by atoms with van der Waals surface area (Å²) in [5, 5.41) is 14.9. The zero-order valence-electron chi connectivity index (χ0n) is 8.81. The highest BCUT2D eigenvalue weighted by Crippen LogP contribution is 2.29. The van der Waals surface area contributed by atoms with Crippen molar-refractivity contribution in [3.8, 4) is 0 Å². The minimum Gasteiger partial charge on any atom is -0.357 e. The number of anilines is 1. The molecule has 0 saturated heterocycles. The molecule has 0 fully saturated rings. The predicted octanol–water partition coefficient (Wildman–Crippen LogP) is 0.957. The lowest BCUT2D eigenvalue weighted by Crippen LogP contribution is -2.14. The molecular formula is C8H14N4O2. The van der Waals surface area contributed by atoms with Gasteiger partial charge in [0.25, 0.3) is 0 Å². The summed E-state index contributed by atoms with van der Waals surface area (Å²) in [7, 11) is 5.24. The molecule has 6 heteroatoms. The summed E-state index contributed by atoms with van der Waals surface area (Å²) in [5.41, 5.74) is 0.640. The Kier molecular flexibility index (Phi) is 2.73. The molecule has 0 atom stereocenters. The van der Waals surface area contributed by atoms with Gasteiger partial charge in [0.2, 0.25) is 5.82 Å². The van der Waals surface area contributed by atoms with Crippen LogP contribution in [0.15, 0.2) is 0 Å².